The molecule has 2 aliphatic carbocycles. The highest BCUT2D eigenvalue weighted by atomic mass is 16.1. The molecule has 2 aliphatic rings. The molecule has 3 heteroatoms. The van der Waals surface area contributed by atoms with Crippen LogP contribution in [0.2, 0.25) is 0 Å². The maximum atomic E-state index is 11.3. The number of rotatable bonds is 2. The van der Waals surface area contributed by atoms with Crippen LogP contribution in [0, 0.1) is 6.92 Å². The number of anilines is 1. The Hall–Kier alpha value is -1.38. The number of fused-ring (bicyclic) bond motifs is 1. The monoisotopic (exact) mass is 230 g/mol. The van der Waals surface area contributed by atoms with Crippen molar-refractivity contribution in [3.8, 4) is 0 Å². The first-order valence-corrected chi connectivity index (χ1v) is 6.46. The molecule has 1 aromatic heterocycles. The van der Waals surface area contributed by atoms with Gasteiger partial charge in [0.25, 0.3) is 0 Å². The largest absolute Gasteiger partial charge is 0.326 e. The van der Waals surface area contributed by atoms with Crippen molar-refractivity contribution < 1.29 is 4.79 Å². The molecule has 0 aromatic carbocycles. The van der Waals surface area contributed by atoms with Gasteiger partial charge in [-0.1, -0.05) is 0 Å². The van der Waals surface area contributed by atoms with Crippen molar-refractivity contribution in [3.63, 3.8) is 0 Å². The smallest absolute Gasteiger partial charge is 0.221 e. The lowest BCUT2D eigenvalue weighted by Gasteiger charge is -2.15. The molecular formula is C14H18N2O. The third-order valence-corrected chi connectivity index (χ3v) is 3.77. The first-order valence-electron chi connectivity index (χ1n) is 6.46. The fraction of sp³-hybridized carbons (Fsp3) is 0.571. The number of carbonyl (C=O) groups excluding carboxylic acids is 1. The molecule has 0 saturated heterocycles. The van der Waals surface area contributed by atoms with E-state index in [2.05, 4.69) is 12.2 Å². The van der Waals surface area contributed by atoms with Crippen LogP contribution in [0.1, 0.15) is 54.6 Å². The second-order valence-corrected chi connectivity index (χ2v) is 5.23. The summed E-state index contributed by atoms with van der Waals surface area (Å²) >= 11 is 0. The van der Waals surface area contributed by atoms with Gasteiger partial charge >= 0.3 is 0 Å². The van der Waals surface area contributed by atoms with E-state index in [9.17, 15) is 4.79 Å². The standard InChI is InChI=1S/C14H18N2O/c1-8-13(10-6-7-10)16-12-5-3-4-11(12)14(8)15-9(2)17/h10H,3-7H2,1-2H3,(H,15,16,17). The lowest BCUT2D eigenvalue weighted by Crippen LogP contribution is -2.12. The molecule has 0 radical (unpaired) electrons. The number of aryl methyl sites for hydroxylation is 1. The fourth-order valence-electron chi connectivity index (χ4n) is 2.80. The molecule has 0 unspecified atom stereocenters. The lowest BCUT2D eigenvalue weighted by molar-refractivity contribution is -0.114. The number of amides is 1. The minimum Gasteiger partial charge on any atom is -0.326 e. The molecule has 1 aromatic rings. The number of pyridine rings is 1. The molecule has 1 N–H and O–H groups in total. The number of nitrogens with one attached hydrogen (secondary N) is 1. The SMILES string of the molecule is CC(=O)Nc1c(C)c(C2CC2)nc2c1CCC2. The zero-order valence-corrected chi connectivity index (χ0v) is 10.5. The number of nitrogens with zero attached hydrogens (tertiary/aromatic N) is 1. The zero-order chi connectivity index (χ0) is 12.0. The van der Waals surface area contributed by atoms with Gasteiger partial charge < -0.3 is 5.32 Å². The summed E-state index contributed by atoms with van der Waals surface area (Å²) in [6.07, 6.45) is 5.81. The quantitative estimate of drug-likeness (QED) is 0.848. The molecule has 3 rings (SSSR count). The second kappa shape index (κ2) is 3.83. The van der Waals surface area contributed by atoms with Gasteiger partial charge in [0.05, 0.1) is 5.69 Å². The van der Waals surface area contributed by atoms with Crippen molar-refractivity contribution in [2.75, 3.05) is 5.32 Å². The van der Waals surface area contributed by atoms with Crippen molar-refractivity contribution in [1.29, 1.82) is 0 Å². The Balaban J connectivity index is 2.12. The van der Waals surface area contributed by atoms with Gasteiger partial charge in [-0.05, 0) is 50.2 Å². The number of carbonyl (C=O) groups is 1. The average Bonchev–Trinajstić information content (AvgIpc) is 3.00. The van der Waals surface area contributed by atoms with E-state index in [4.69, 9.17) is 4.98 Å². The maximum Gasteiger partial charge on any atom is 0.221 e. The molecule has 0 aliphatic heterocycles. The topological polar surface area (TPSA) is 42.0 Å². The van der Waals surface area contributed by atoms with Gasteiger partial charge in [0, 0.05) is 24.2 Å². The molecular weight excluding hydrogens is 212 g/mol. The third-order valence-electron chi connectivity index (χ3n) is 3.77. The van der Waals surface area contributed by atoms with E-state index in [1.165, 1.54) is 41.8 Å². The minimum absolute atomic E-state index is 0.0233. The van der Waals surface area contributed by atoms with Crippen LogP contribution in [0.25, 0.3) is 0 Å². The Morgan fingerprint density at radius 2 is 2.12 bits per heavy atom. The van der Waals surface area contributed by atoms with Crippen molar-refractivity contribution in [2.24, 2.45) is 0 Å². The molecule has 1 saturated carbocycles. The predicted octanol–water partition coefficient (Wildman–Crippen LogP) is 2.71. The fourth-order valence-corrected chi connectivity index (χ4v) is 2.80. The van der Waals surface area contributed by atoms with E-state index in [1.54, 1.807) is 6.92 Å². The Labute approximate surface area is 102 Å². The van der Waals surface area contributed by atoms with Crippen LogP contribution >= 0.6 is 0 Å². The summed E-state index contributed by atoms with van der Waals surface area (Å²) in [4.78, 5) is 16.2. The summed E-state index contributed by atoms with van der Waals surface area (Å²) in [6.45, 7) is 3.68. The van der Waals surface area contributed by atoms with Crippen LogP contribution in [0.5, 0.6) is 0 Å². The summed E-state index contributed by atoms with van der Waals surface area (Å²) < 4.78 is 0. The third kappa shape index (κ3) is 1.84. The summed E-state index contributed by atoms with van der Waals surface area (Å²) in [5, 5.41) is 3.02. The van der Waals surface area contributed by atoms with Crippen LogP contribution in [0.4, 0.5) is 5.69 Å². The van der Waals surface area contributed by atoms with Crippen LogP contribution < -0.4 is 5.32 Å². The molecule has 3 nitrogen and oxygen atoms in total. The maximum absolute atomic E-state index is 11.3. The second-order valence-electron chi connectivity index (χ2n) is 5.23. The molecule has 0 atom stereocenters. The van der Waals surface area contributed by atoms with E-state index in [0.29, 0.717) is 5.92 Å². The first kappa shape index (κ1) is 10.8. The van der Waals surface area contributed by atoms with Crippen LogP contribution in [0.3, 0.4) is 0 Å². The number of aromatic nitrogens is 1. The van der Waals surface area contributed by atoms with Gasteiger partial charge in [0.15, 0.2) is 0 Å². The van der Waals surface area contributed by atoms with E-state index in [-0.39, 0.29) is 5.91 Å². The normalized spacial score (nSPS) is 18.0. The van der Waals surface area contributed by atoms with Crippen molar-refractivity contribution in [3.05, 3.63) is 22.5 Å². The number of hydrogen-bond donors (Lipinski definition) is 1. The van der Waals surface area contributed by atoms with E-state index in [1.807, 2.05) is 0 Å². The average molecular weight is 230 g/mol. The van der Waals surface area contributed by atoms with E-state index in [0.717, 1.165) is 18.5 Å². The van der Waals surface area contributed by atoms with Crippen molar-refractivity contribution in [1.82, 2.24) is 4.98 Å². The highest BCUT2D eigenvalue weighted by Crippen LogP contribution is 2.44. The summed E-state index contributed by atoms with van der Waals surface area (Å²) in [5.74, 6) is 0.670. The van der Waals surface area contributed by atoms with Gasteiger partial charge in [0.1, 0.15) is 0 Å². The summed E-state index contributed by atoms with van der Waals surface area (Å²) in [7, 11) is 0. The van der Waals surface area contributed by atoms with Gasteiger partial charge in [0.2, 0.25) is 5.91 Å². The molecule has 1 heterocycles. The predicted molar refractivity (Wildman–Crippen MR) is 67.3 cm³/mol. The highest BCUT2D eigenvalue weighted by molar-refractivity contribution is 5.91. The number of hydrogen-bond acceptors (Lipinski definition) is 2. The Morgan fingerprint density at radius 3 is 2.76 bits per heavy atom. The lowest BCUT2D eigenvalue weighted by atomic mass is 10.0. The molecule has 90 valence electrons. The van der Waals surface area contributed by atoms with Gasteiger partial charge in [-0.25, -0.2) is 0 Å². The van der Waals surface area contributed by atoms with Gasteiger partial charge in [-0.15, -0.1) is 0 Å². The molecule has 1 amide bonds. The molecule has 17 heavy (non-hydrogen) atoms. The minimum atomic E-state index is 0.0233. The molecule has 0 spiro atoms. The van der Waals surface area contributed by atoms with Crippen molar-refractivity contribution in [2.45, 2.75) is 51.9 Å². The van der Waals surface area contributed by atoms with E-state index < -0.39 is 0 Å². The van der Waals surface area contributed by atoms with Gasteiger partial charge in [-0.2, -0.15) is 0 Å². The summed E-state index contributed by atoms with van der Waals surface area (Å²) in [6, 6.07) is 0. The highest BCUT2D eigenvalue weighted by Gasteiger charge is 2.30. The summed E-state index contributed by atoms with van der Waals surface area (Å²) in [5.41, 5.74) is 5.99. The molecule has 0 bridgehead atoms. The van der Waals surface area contributed by atoms with Crippen molar-refractivity contribution >= 4 is 11.6 Å². The Kier molecular flexibility index (Phi) is 2.42. The van der Waals surface area contributed by atoms with Crippen LogP contribution in [-0.2, 0) is 17.6 Å². The Morgan fingerprint density at radius 1 is 1.35 bits per heavy atom. The Bertz CT molecular complexity index is 489. The zero-order valence-electron chi connectivity index (χ0n) is 10.5. The van der Waals surface area contributed by atoms with Crippen LogP contribution in [-0.4, -0.2) is 10.9 Å². The van der Waals surface area contributed by atoms with Gasteiger partial charge in [-0.3, -0.25) is 9.78 Å². The van der Waals surface area contributed by atoms with E-state index >= 15 is 0 Å². The molecule has 1 fully saturated rings. The first-order chi connectivity index (χ1) is 8.16. The van der Waals surface area contributed by atoms with Crippen LogP contribution in [0.15, 0.2) is 0 Å².